The van der Waals surface area contributed by atoms with Crippen molar-refractivity contribution < 1.29 is 9.53 Å². The monoisotopic (exact) mass is 426 g/mol. The van der Waals surface area contributed by atoms with E-state index in [0.717, 1.165) is 51.4 Å². The van der Waals surface area contributed by atoms with Crippen LogP contribution in [0.1, 0.15) is 48.6 Å². The first-order valence-electron chi connectivity index (χ1n) is 11.4. The lowest BCUT2D eigenvalue weighted by molar-refractivity contribution is 0.0138. The molecule has 0 spiro atoms. The molecular weight excluding hydrogens is 388 g/mol. The lowest BCUT2D eigenvalue weighted by Crippen LogP contribution is -2.49. The molecule has 170 valence electrons. The zero-order valence-corrected chi connectivity index (χ0v) is 20.1. The molecule has 31 heavy (non-hydrogen) atoms. The maximum absolute atomic E-state index is 12.4. The highest BCUT2D eigenvalue weighted by Gasteiger charge is 2.27. The smallest absolute Gasteiger partial charge is 0.410 e. The van der Waals surface area contributed by atoms with Crippen LogP contribution in [0.4, 0.5) is 10.5 Å². The van der Waals surface area contributed by atoms with E-state index >= 15 is 0 Å². The number of anilines is 1. The highest BCUT2D eigenvalue weighted by molar-refractivity contribution is 5.70. The van der Waals surface area contributed by atoms with Gasteiger partial charge in [-0.3, -0.25) is 4.90 Å². The number of terminal acetylenes is 1. The number of piperazine rings is 2. The summed E-state index contributed by atoms with van der Waals surface area (Å²) in [6.45, 7) is 20.2. The normalized spacial score (nSPS) is 18.1. The van der Waals surface area contributed by atoms with Gasteiger partial charge in [-0.05, 0) is 63.8 Å². The van der Waals surface area contributed by atoms with Crippen LogP contribution >= 0.6 is 0 Å². The van der Waals surface area contributed by atoms with Crippen molar-refractivity contribution in [1.29, 1.82) is 0 Å². The molecule has 1 N–H and O–H groups in total. The van der Waals surface area contributed by atoms with Crippen LogP contribution in [-0.4, -0.2) is 73.9 Å². The third-order valence-electron chi connectivity index (χ3n) is 6.35. The zero-order valence-electron chi connectivity index (χ0n) is 20.1. The molecule has 0 unspecified atom stereocenters. The van der Waals surface area contributed by atoms with E-state index in [4.69, 9.17) is 11.2 Å². The van der Waals surface area contributed by atoms with Gasteiger partial charge in [0.2, 0.25) is 0 Å². The number of carbonyl (C=O) groups is 1. The average molecular weight is 427 g/mol. The van der Waals surface area contributed by atoms with Crippen LogP contribution in [0.25, 0.3) is 0 Å². The van der Waals surface area contributed by atoms with Crippen LogP contribution in [0.5, 0.6) is 0 Å². The molecule has 2 aliphatic rings. The van der Waals surface area contributed by atoms with Crippen molar-refractivity contribution in [2.45, 2.75) is 53.7 Å². The quantitative estimate of drug-likeness (QED) is 0.753. The van der Waals surface area contributed by atoms with Gasteiger partial charge in [-0.1, -0.05) is 5.92 Å². The van der Waals surface area contributed by atoms with Gasteiger partial charge in [0.15, 0.2) is 0 Å². The Morgan fingerprint density at radius 1 is 1.00 bits per heavy atom. The second kappa shape index (κ2) is 9.50. The number of ether oxygens (including phenoxy) is 1. The highest BCUT2D eigenvalue weighted by Crippen LogP contribution is 2.34. The number of carbonyl (C=O) groups excluding carboxylic acids is 1. The number of nitrogens with zero attached hydrogens (tertiary/aromatic N) is 3. The SMILES string of the molecule is C#Cc1c(C)c(CN2CCN(C(=O)OC(C)(C)C)CC2)c(C)c(N2CCNCC2)c1C. The Bertz CT molecular complexity index is 852. The Morgan fingerprint density at radius 2 is 1.61 bits per heavy atom. The molecule has 0 atom stereocenters. The summed E-state index contributed by atoms with van der Waals surface area (Å²) in [6.07, 6.45) is 5.73. The van der Waals surface area contributed by atoms with Gasteiger partial charge < -0.3 is 19.9 Å². The Morgan fingerprint density at radius 3 is 2.16 bits per heavy atom. The Kier molecular flexibility index (Phi) is 7.18. The number of hydrogen-bond donors (Lipinski definition) is 1. The predicted octanol–water partition coefficient (Wildman–Crippen LogP) is 3.06. The number of rotatable bonds is 3. The van der Waals surface area contributed by atoms with Gasteiger partial charge in [-0.25, -0.2) is 4.79 Å². The molecule has 0 aromatic heterocycles. The molecule has 0 saturated carbocycles. The van der Waals surface area contributed by atoms with E-state index in [2.05, 4.69) is 41.8 Å². The van der Waals surface area contributed by atoms with Gasteiger partial charge in [-0.2, -0.15) is 0 Å². The van der Waals surface area contributed by atoms with Gasteiger partial charge in [0, 0.05) is 70.2 Å². The fraction of sp³-hybridized carbons (Fsp3) is 0.640. The van der Waals surface area contributed by atoms with E-state index < -0.39 is 5.60 Å². The molecule has 6 heteroatoms. The second-order valence-corrected chi connectivity index (χ2v) is 9.70. The second-order valence-electron chi connectivity index (χ2n) is 9.70. The van der Waals surface area contributed by atoms with Gasteiger partial charge >= 0.3 is 6.09 Å². The van der Waals surface area contributed by atoms with E-state index in [0.29, 0.717) is 13.1 Å². The molecule has 2 heterocycles. The van der Waals surface area contributed by atoms with Gasteiger partial charge in [0.1, 0.15) is 5.60 Å². The van der Waals surface area contributed by atoms with Crippen molar-refractivity contribution >= 4 is 11.8 Å². The lowest BCUT2D eigenvalue weighted by Gasteiger charge is -2.37. The van der Waals surface area contributed by atoms with Crippen LogP contribution in [0.3, 0.4) is 0 Å². The molecule has 0 bridgehead atoms. The first-order valence-corrected chi connectivity index (χ1v) is 11.4. The fourth-order valence-corrected chi connectivity index (χ4v) is 4.71. The summed E-state index contributed by atoms with van der Waals surface area (Å²) in [5.41, 5.74) is 6.98. The number of amides is 1. The van der Waals surface area contributed by atoms with Crippen LogP contribution in [0, 0.1) is 33.1 Å². The topological polar surface area (TPSA) is 48.1 Å². The van der Waals surface area contributed by atoms with E-state index in [1.54, 1.807) is 0 Å². The largest absolute Gasteiger partial charge is 0.444 e. The average Bonchev–Trinajstić information content (AvgIpc) is 2.71. The fourth-order valence-electron chi connectivity index (χ4n) is 4.71. The standard InChI is InChI=1S/C25H38N4O2/c1-8-21-18(2)22(20(4)23(19(21)3)28-11-9-26-10-12-28)17-27-13-15-29(16-14-27)24(30)31-25(5,6)7/h1,26H,9-17H2,2-7H3. The molecule has 1 aromatic carbocycles. The molecule has 1 aromatic rings. The molecule has 0 radical (unpaired) electrons. The Balaban J connectivity index is 1.78. The van der Waals surface area contributed by atoms with Crippen molar-refractivity contribution in [3.8, 4) is 12.3 Å². The maximum atomic E-state index is 12.4. The van der Waals surface area contributed by atoms with Crippen molar-refractivity contribution in [2.75, 3.05) is 57.3 Å². The van der Waals surface area contributed by atoms with E-state index in [-0.39, 0.29) is 6.09 Å². The minimum absolute atomic E-state index is 0.217. The summed E-state index contributed by atoms with van der Waals surface area (Å²) < 4.78 is 5.53. The number of benzene rings is 1. The minimum Gasteiger partial charge on any atom is -0.444 e. The molecule has 2 aliphatic heterocycles. The summed E-state index contributed by atoms with van der Waals surface area (Å²) in [6, 6.07) is 0. The highest BCUT2D eigenvalue weighted by atomic mass is 16.6. The van der Waals surface area contributed by atoms with Crippen LogP contribution < -0.4 is 10.2 Å². The molecular formula is C25H38N4O2. The first kappa shape index (κ1) is 23.4. The summed E-state index contributed by atoms with van der Waals surface area (Å²) in [5, 5.41) is 3.44. The molecule has 2 saturated heterocycles. The molecule has 3 rings (SSSR count). The Hall–Kier alpha value is -2.23. The third-order valence-corrected chi connectivity index (χ3v) is 6.35. The lowest BCUT2D eigenvalue weighted by atomic mass is 9.90. The number of hydrogen-bond acceptors (Lipinski definition) is 5. The Labute approximate surface area is 187 Å². The first-order chi connectivity index (χ1) is 14.6. The number of nitrogens with one attached hydrogen (secondary N) is 1. The molecule has 0 aliphatic carbocycles. The van der Waals surface area contributed by atoms with Gasteiger partial charge in [0.05, 0.1) is 0 Å². The van der Waals surface area contributed by atoms with Gasteiger partial charge in [0.25, 0.3) is 0 Å². The van der Waals surface area contributed by atoms with Crippen LogP contribution in [0.2, 0.25) is 0 Å². The van der Waals surface area contributed by atoms with Crippen LogP contribution in [-0.2, 0) is 11.3 Å². The van der Waals surface area contributed by atoms with Gasteiger partial charge in [-0.15, -0.1) is 6.42 Å². The summed E-state index contributed by atoms with van der Waals surface area (Å²) in [7, 11) is 0. The van der Waals surface area contributed by atoms with E-state index in [9.17, 15) is 4.79 Å². The minimum atomic E-state index is -0.462. The molecule has 2 fully saturated rings. The van der Waals surface area contributed by atoms with Crippen molar-refractivity contribution in [3.05, 3.63) is 27.8 Å². The molecule has 1 amide bonds. The summed E-state index contributed by atoms with van der Waals surface area (Å²) >= 11 is 0. The third kappa shape index (κ3) is 5.34. The maximum Gasteiger partial charge on any atom is 0.410 e. The van der Waals surface area contributed by atoms with E-state index in [1.165, 1.54) is 27.9 Å². The van der Waals surface area contributed by atoms with Crippen LogP contribution in [0.15, 0.2) is 0 Å². The molecule has 6 nitrogen and oxygen atoms in total. The zero-order chi connectivity index (χ0) is 22.8. The summed E-state index contributed by atoms with van der Waals surface area (Å²) in [5.74, 6) is 2.96. The van der Waals surface area contributed by atoms with Crippen molar-refractivity contribution in [3.63, 3.8) is 0 Å². The van der Waals surface area contributed by atoms with Crippen molar-refractivity contribution in [1.82, 2.24) is 15.1 Å². The predicted molar refractivity (Wildman–Crippen MR) is 127 cm³/mol. The van der Waals surface area contributed by atoms with E-state index in [1.807, 2.05) is 25.7 Å². The van der Waals surface area contributed by atoms with Crippen molar-refractivity contribution in [2.24, 2.45) is 0 Å². The summed E-state index contributed by atoms with van der Waals surface area (Å²) in [4.78, 5) is 19.1.